The fourth-order valence-electron chi connectivity index (χ4n) is 2.28. The summed E-state index contributed by atoms with van der Waals surface area (Å²) in [5.41, 5.74) is 1.47. The zero-order valence-corrected chi connectivity index (χ0v) is 15.7. The highest BCUT2D eigenvalue weighted by atomic mass is 32.1. The fraction of sp³-hybridized carbons (Fsp3) is 0.300. The molecule has 0 aliphatic rings. The lowest BCUT2D eigenvalue weighted by Crippen LogP contribution is -2.42. The zero-order valence-electron chi connectivity index (χ0n) is 14.9. The molecule has 0 heterocycles. The Morgan fingerprint density at radius 3 is 2.52 bits per heavy atom. The van der Waals surface area contributed by atoms with Gasteiger partial charge in [-0.05, 0) is 55.4 Å². The van der Waals surface area contributed by atoms with Gasteiger partial charge in [0.2, 0.25) is 0 Å². The highest BCUT2D eigenvalue weighted by Gasteiger charge is 2.14. The summed E-state index contributed by atoms with van der Waals surface area (Å²) in [6, 6.07) is 16.9. The Kier molecular flexibility index (Phi) is 6.95. The molecule has 2 aromatic rings. The predicted octanol–water partition coefficient (Wildman–Crippen LogP) is 4.26. The van der Waals surface area contributed by atoms with Crippen LogP contribution in [0.25, 0.3) is 0 Å². The van der Waals surface area contributed by atoms with E-state index in [1.807, 2.05) is 54.3 Å². The van der Waals surface area contributed by atoms with Gasteiger partial charge in [0.1, 0.15) is 5.75 Å². The van der Waals surface area contributed by atoms with Crippen LogP contribution in [0.2, 0.25) is 0 Å². The Balaban J connectivity index is 2.05. The van der Waals surface area contributed by atoms with Crippen molar-refractivity contribution in [2.24, 2.45) is 5.92 Å². The maximum Gasteiger partial charge on any atom is 0.257 e. The van der Waals surface area contributed by atoms with Gasteiger partial charge in [-0.15, -0.1) is 0 Å². The third-order valence-electron chi connectivity index (χ3n) is 3.53. The second-order valence-electron chi connectivity index (χ2n) is 6.07. The topological polar surface area (TPSA) is 41.6 Å². The average molecular weight is 356 g/mol. The standard InChI is InChI=1S/C20H24N2O2S/c1-4-22(17-10-6-5-7-11-17)20(25)21-19(23)16-9-8-12-18(13-16)24-14-15(2)3/h5-13,15H,4,14H2,1-3H3,(H,21,23,25). The summed E-state index contributed by atoms with van der Waals surface area (Å²) in [7, 11) is 0. The molecule has 1 amide bonds. The second kappa shape index (κ2) is 9.18. The van der Waals surface area contributed by atoms with Crippen molar-refractivity contribution >= 4 is 28.9 Å². The molecular weight excluding hydrogens is 332 g/mol. The normalized spacial score (nSPS) is 10.4. The summed E-state index contributed by atoms with van der Waals surface area (Å²) in [5.74, 6) is 0.867. The molecule has 0 radical (unpaired) electrons. The minimum Gasteiger partial charge on any atom is -0.493 e. The molecule has 4 nitrogen and oxygen atoms in total. The molecule has 1 N–H and O–H groups in total. The number of anilines is 1. The first-order valence-electron chi connectivity index (χ1n) is 8.42. The minimum atomic E-state index is -0.241. The van der Waals surface area contributed by atoms with Crippen molar-refractivity contribution in [3.05, 3.63) is 60.2 Å². The molecule has 0 aliphatic carbocycles. The van der Waals surface area contributed by atoms with Crippen LogP contribution in [0.5, 0.6) is 5.75 Å². The van der Waals surface area contributed by atoms with Crippen LogP contribution in [-0.2, 0) is 0 Å². The van der Waals surface area contributed by atoms with Gasteiger partial charge in [0.05, 0.1) is 6.61 Å². The number of para-hydroxylation sites is 1. The van der Waals surface area contributed by atoms with Gasteiger partial charge in [-0.25, -0.2) is 0 Å². The zero-order chi connectivity index (χ0) is 18.2. The lowest BCUT2D eigenvalue weighted by molar-refractivity contribution is 0.0976. The molecule has 0 atom stereocenters. The SMILES string of the molecule is CCN(C(=S)NC(=O)c1cccc(OCC(C)C)c1)c1ccccc1. The molecule has 0 spiro atoms. The van der Waals surface area contributed by atoms with E-state index in [1.165, 1.54) is 0 Å². The van der Waals surface area contributed by atoms with Gasteiger partial charge < -0.3 is 9.64 Å². The van der Waals surface area contributed by atoms with Crippen molar-refractivity contribution < 1.29 is 9.53 Å². The Labute approximate surface area is 154 Å². The van der Waals surface area contributed by atoms with Gasteiger partial charge in [0.15, 0.2) is 5.11 Å². The third kappa shape index (κ3) is 5.57. The average Bonchev–Trinajstić information content (AvgIpc) is 2.61. The van der Waals surface area contributed by atoms with Crippen molar-refractivity contribution in [1.29, 1.82) is 0 Å². The molecule has 25 heavy (non-hydrogen) atoms. The van der Waals surface area contributed by atoms with Gasteiger partial charge in [-0.1, -0.05) is 38.1 Å². The summed E-state index contributed by atoms with van der Waals surface area (Å²) >= 11 is 5.41. The Morgan fingerprint density at radius 2 is 1.88 bits per heavy atom. The van der Waals surface area contributed by atoms with E-state index in [4.69, 9.17) is 17.0 Å². The number of benzene rings is 2. The van der Waals surface area contributed by atoms with E-state index in [9.17, 15) is 4.79 Å². The van der Waals surface area contributed by atoms with Gasteiger partial charge >= 0.3 is 0 Å². The molecule has 132 valence electrons. The third-order valence-corrected chi connectivity index (χ3v) is 3.85. The maximum absolute atomic E-state index is 12.5. The van der Waals surface area contributed by atoms with Crippen LogP contribution in [0.15, 0.2) is 54.6 Å². The molecule has 0 saturated carbocycles. The van der Waals surface area contributed by atoms with E-state index in [2.05, 4.69) is 19.2 Å². The first kappa shape index (κ1) is 18.9. The monoisotopic (exact) mass is 356 g/mol. The van der Waals surface area contributed by atoms with E-state index in [0.29, 0.717) is 35.5 Å². The van der Waals surface area contributed by atoms with Crippen LogP contribution >= 0.6 is 12.2 Å². The molecule has 0 aliphatic heterocycles. The van der Waals surface area contributed by atoms with E-state index < -0.39 is 0 Å². The molecule has 2 rings (SSSR count). The van der Waals surface area contributed by atoms with Gasteiger partial charge in [-0.3, -0.25) is 10.1 Å². The Bertz CT molecular complexity index is 717. The number of thiocarbonyl (C=S) groups is 1. The largest absolute Gasteiger partial charge is 0.493 e. The summed E-state index contributed by atoms with van der Waals surface area (Å²) in [5, 5.41) is 3.18. The Morgan fingerprint density at radius 1 is 1.16 bits per heavy atom. The van der Waals surface area contributed by atoms with Crippen LogP contribution in [0, 0.1) is 5.92 Å². The number of nitrogens with one attached hydrogen (secondary N) is 1. The van der Waals surface area contributed by atoms with Crippen LogP contribution < -0.4 is 15.0 Å². The van der Waals surface area contributed by atoms with Crippen LogP contribution in [-0.4, -0.2) is 24.2 Å². The molecular formula is C20H24N2O2S. The van der Waals surface area contributed by atoms with E-state index in [1.54, 1.807) is 12.1 Å². The number of carbonyl (C=O) groups is 1. The summed E-state index contributed by atoms with van der Waals surface area (Å²) in [6.07, 6.45) is 0. The number of hydrogen-bond donors (Lipinski definition) is 1. The Hall–Kier alpha value is -2.40. The quantitative estimate of drug-likeness (QED) is 0.785. The van der Waals surface area contributed by atoms with Crippen molar-refractivity contribution in [2.45, 2.75) is 20.8 Å². The van der Waals surface area contributed by atoms with Crippen LogP contribution in [0.3, 0.4) is 0 Å². The van der Waals surface area contributed by atoms with E-state index >= 15 is 0 Å². The van der Waals surface area contributed by atoms with Gasteiger partial charge in [0, 0.05) is 17.8 Å². The summed E-state index contributed by atoms with van der Waals surface area (Å²) in [4.78, 5) is 14.4. The summed E-state index contributed by atoms with van der Waals surface area (Å²) < 4.78 is 5.68. The van der Waals surface area contributed by atoms with Gasteiger partial charge in [0.25, 0.3) is 5.91 Å². The molecule has 0 aromatic heterocycles. The first-order chi connectivity index (χ1) is 12.0. The lowest BCUT2D eigenvalue weighted by Gasteiger charge is -2.23. The van der Waals surface area contributed by atoms with Crippen molar-refractivity contribution in [3.8, 4) is 5.75 Å². The molecule has 0 saturated heterocycles. The number of rotatable bonds is 6. The van der Waals surface area contributed by atoms with Crippen molar-refractivity contribution in [1.82, 2.24) is 5.32 Å². The second-order valence-corrected chi connectivity index (χ2v) is 6.46. The van der Waals surface area contributed by atoms with E-state index in [-0.39, 0.29) is 5.91 Å². The van der Waals surface area contributed by atoms with Gasteiger partial charge in [-0.2, -0.15) is 0 Å². The van der Waals surface area contributed by atoms with Crippen molar-refractivity contribution in [3.63, 3.8) is 0 Å². The predicted molar refractivity (Wildman–Crippen MR) is 106 cm³/mol. The van der Waals surface area contributed by atoms with Crippen molar-refractivity contribution in [2.75, 3.05) is 18.1 Å². The van der Waals surface area contributed by atoms with Crippen LogP contribution in [0.4, 0.5) is 5.69 Å². The fourth-order valence-corrected chi connectivity index (χ4v) is 2.61. The maximum atomic E-state index is 12.5. The molecule has 0 unspecified atom stereocenters. The molecule has 0 fully saturated rings. The number of hydrogen-bond acceptors (Lipinski definition) is 3. The number of amides is 1. The smallest absolute Gasteiger partial charge is 0.257 e. The van der Waals surface area contributed by atoms with Crippen LogP contribution in [0.1, 0.15) is 31.1 Å². The molecule has 0 bridgehead atoms. The lowest BCUT2D eigenvalue weighted by atomic mass is 10.2. The summed E-state index contributed by atoms with van der Waals surface area (Å²) in [6.45, 7) is 7.43. The first-order valence-corrected chi connectivity index (χ1v) is 8.82. The highest BCUT2D eigenvalue weighted by molar-refractivity contribution is 7.80. The molecule has 5 heteroatoms. The number of nitrogens with zero attached hydrogens (tertiary/aromatic N) is 1. The number of carbonyl (C=O) groups excluding carboxylic acids is 1. The molecule has 2 aromatic carbocycles. The minimum absolute atomic E-state index is 0.241. The number of ether oxygens (including phenoxy) is 1. The van der Waals surface area contributed by atoms with E-state index in [0.717, 1.165) is 5.69 Å². The highest BCUT2D eigenvalue weighted by Crippen LogP contribution is 2.16.